The van der Waals surface area contributed by atoms with Crippen LogP contribution in [0.2, 0.25) is 0 Å². The summed E-state index contributed by atoms with van der Waals surface area (Å²) in [6, 6.07) is 14.3. The Morgan fingerprint density at radius 3 is 2.52 bits per heavy atom. The summed E-state index contributed by atoms with van der Waals surface area (Å²) in [4.78, 5) is 11.5. The zero-order chi connectivity index (χ0) is 18.5. The second kappa shape index (κ2) is 7.88. The van der Waals surface area contributed by atoms with Crippen LogP contribution in [-0.4, -0.2) is 44.7 Å². The van der Waals surface area contributed by atoms with E-state index in [1.165, 1.54) is 6.42 Å². The number of benzene rings is 1. The van der Waals surface area contributed by atoms with E-state index in [1.807, 2.05) is 18.2 Å². The molecule has 0 atom stereocenters. The standard InChI is InChI=1S/C21H26N6/c1-2-14-27-15-10-21(11-16-27,24-18-6-4-3-5-7-18)20-23-19(25-26-20)17-8-12-22-13-9-17/h3-9,12-13,24H,2,10-11,14-16H2,1H3,(H,23,25,26). The molecule has 0 spiro atoms. The molecule has 2 aromatic heterocycles. The molecule has 0 unspecified atom stereocenters. The molecule has 140 valence electrons. The fraction of sp³-hybridized carbons (Fsp3) is 0.381. The maximum atomic E-state index is 4.87. The second-order valence-corrected chi connectivity index (χ2v) is 7.16. The van der Waals surface area contributed by atoms with E-state index >= 15 is 0 Å². The smallest absolute Gasteiger partial charge is 0.181 e. The van der Waals surface area contributed by atoms with E-state index in [0.29, 0.717) is 0 Å². The molecule has 0 radical (unpaired) electrons. The third-order valence-corrected chi connectivity index (χ3v) is 5.28. The van der Waals surface area contributed by atoms with Crippen molar-refractivity contribution in [3.63, 3.8) is 0 Å². The van der Waals surface area contributed by atoms with Gasteiger partial charge in [-0.3, -0.25) is 10.1 Å². The summed E-state index contributed by atoms with van der Waals surface area (Å²) >= 11 is 0. The van der Waals surface area contributed by atoms with Gasteiger partial charge in [0.15, 0.2) is 11.6 Å². The highest BCUT2D eigenvalue weighted by Crippen LogP contribution is 2.35. The van der Waals surface area contributed by atoms with E-state index < -0.39 is 0 Å². The maximum absolute atomic E-state index is 4.87. The van der Waals surface area contributed by atoms with Gasteiger partial charge in [0.1, 0.15) is 0 Å². The first-order valence-corrected chi connectivity index (χ1v) is 9.68. The van der Waals surface area contributed by atoms with E-state index in [-0.39, 0.29) is 5.54 Å². The molecule has 3 aromatic rings. The van der Waals surface area contributed by atoms with Crippen LogP contribution in [0.5, 0.6) is 0 Å². The van der Waals surface area contributed by atoms with Gasteiger partial charge in [0, 0.05) is 36.7 Å². The topological polar surface area (TPSA) is 69.7 Å². The number of aromatic amines is 1. The number of hydrogen-bond donors (Lipinski definition) is 2. The molecule has 6 nitrogen and oxygen atoms in total. The molecular weight excluding hydrogens is 336 g/mol. The van der Waals surface area contributed by atoms with Gasteiger partial charge in [-0.25, -0.2) is 4.98 Å². The summed E-state index contributed by atoms with van der Waals surface area (Å²) in [6.45, 7) is 5.50. The van der Waals surface area contributed by atoms with Gasteiger partial charge < -0.3 is 10.2 Å². The van der Waals surface area contributed by atoms with Crippen molar-refractivity contribution >= 4 is 5.69 Å². The van der Waals surface area contributed by atoms with Gasteiger partial charge in [0.25, 0.3) is 0 Å². The summed E-state index contributed by atoms with van der Waals surface area (Å²) in [7, 11) is 0. The largest absolute Gasteiger partial charge is 0.373 e. The highest BCUT2D eigenvalue weighted by atomic mass is 15.3. The van der Waals surface area contributed by atoms with Gasteiger partial charge in [-0.2, -0.15) is 5.10 Å². The molecule has 1 aromatic carbocycles. The average molecular weight is 362 g/mol. The number of pyridine rings is 1. The molecule has 4 rings (SSSR count). The van der Waals surface area contributed by atoms with Crippen LogP contribution >= 0.6 is 0 Å². The number of anilines is 1. The summed E-state index contributed by atoms with van der Waals surface area (Å²) in [5.41, 5.74) is 1.86. The number of rotatable bonds is 6. The van der Waals surface area contributed by atoms with Crippen LogP contribution in [0.1, 0.15) is 32.0 Å². The Kier molecular flexibility index (Phi) is 5.16. The minimum Gasteiger partial charge on any atom is -0.373 e. The van der Waals surface area contributed by atoms with Crippen molar-refractivity contribution in [3.05, 3.63) is 60.7 Å². The van der Waals surface area contributed by atoms with E-state index in [9.17, 15) is 0 Å². The number of nitrogens with one attached hydrogen (secondary N) is 2. The molecule has 3 heterocycles. The molecule has 0 aliphatic carbocycles. The fourth-order valence-electron chi connectivity index (χ4n) is 3.80. The monoisotopic (exact) mass is 362 g/mol. The van der Waals surface area contributed by atoms with Crippen LogP contribution < -0.4 is 5.32 Å². The summed E-state index contributed by atoms with van der Waals surface area (Å²) in [6.07, 6.45) is 6.71. The van der Waals surface area contributed by atoms with Crippen molar-refractivity contribution in [1.29, 1.82) is 0 Å². The normalized spacial score (nSPS) is 16.9. The first kappa shape index (κ1) is 17.7. The lowest BCUT2D eigenvalue weighted by atomic mass is 9.86. The van der Waals surface area contributed by atoms with E-state index in [4.69, 9.17) is 4.98 Å². The van der Waals surface area contributed by atoms with Gasteiger partial charge in [0.2, 0.25) is 0 Å². The lowest BCUT2D eigenvalue weighted by Gasteiger charge is -2.41. The number of piperidine rings is 1. The Balaban J connectivity index is 1.63. The number of H-pyrrole nitrogens is 1. The number of aromatic nitrogens is 4. The van der Waals surface area contributed by atoms with Crippen LogP contribution in [0.3, 0.4) is 0 Å². The molecule has 6 heteroatoms. The van der Waals surface area contributed by atoms with E-state index in [2.05, 4.69) is 56.6 Å². The highest BCUT2D eigenvalue weighted by Gasteiger charge is 2.39. The third kappa shape index (κ3) is 3.85. The number of likely N-dealkylation sites (tertiary alicyclic amines) is 1. The Morgan fingerprint density at radius 1 is 1.07 bits per heavy atom. The van der Waals surface area contributed by atoms with Crippen LogP contribution in [0, 0.1) is 0 Å². The van der Waals surface area contributed by atoms with Crippen LogP contribution in [0.4, 0.5) is 5.69 Å². The molecule has 1 saturated heterocycles. The molecule has 0 bridgehead atoms. The Morgan fingerprint density at radius 2 is 1.81 bits per heavy atom. The van der Waals surface area contributed by atoms with E-state index in [0.717, 1.165) is 55.4 Å². The number of nitrogens with zero attached hydrogens (tertiary/aromatic N) is 4. The molecule has 1 aliphatic rings. The average Bonchev–Trinajstić information content (AvgIpc) is 3.22. The van der Waals surface area contributed by atoms with Gasteiger partial charge in [-0.15, -0.1) is 0 Å². The van der Waals surface area contributed by atoms with Crippen LogP contribution in [0.15, 0.2) is 54.9 Å². The molecule has 0 amide bonds. The Hall–Kier alpha value is -2.73. The van der Waals surface area contributed by atoms with Crippen molar-refractivity contribution in [2.45, 2.75) is 31.7 Å². The van der Waals surface area contributed by atoms with Crippen LogP contribution in [-0.2, 0) is 5.54 Å². The predicted octanol–water partition coefficient (Wildman–Crippen LogP) is 3.68. The highest BCUT2D eigenvalue weighted by molar-refractivity contribution is 5.54. The quantitative estimate of drug-likeness (QED) is 0.700. The Bertz CT molecular complexity index is 837. The minimum atomic E-state index is -0.232. The van der Waals surface area contributed by atoms with Crippen molar-refractivity contribution in [1.82, 2.24) is 25.1 Å². The van der Waals surface area contributed by atoms with Gasteiger partial charge in [-0.1, -0.05) is 25.1 Å². The summed E-state index contributed by atoms with van der Waals surface area (Å²) in [5, 5.41) is 11.5. The SMILES string of the molecule is CCCN1CCC(Nc2ccccc2)(c2nc(-c3ccncc3)n[nH]2)CC1. The van der Waals surface area contributed by atoms with Crippen molar-refractivity contribution in [2.24, 2.45) is 0 Å². The number of hydrogen-bond acceptors (Lipinski definition) is 5. The van der Waals surface area contributed by atoms with Gasteiger partial charge >= 0.3 is 0 Å². The van der Waals surface area contributed by atoms with Gasteiger partial charge in [0.05, 0.1) is 5.54 Å². The zero-order valence-electron chi connectivity index (χ0n) is 15.7. The third-order valence-electron chi connectivity index (χ3n) is 5.28. The molecular formula is C21H26N6. The fourth-order valence-corrected chi connectivity index (χ4v) is 3.80. The maximum Gasteiger partial charge on any atom is 0.181 e. The van der Waals surface area contributed by atoms with E-state index in [1.54, 1.807) is 12.4 Å². The lowest BCUT2D eigenvalue weighted by molar-refractivity contribution is 0.169. The summed E-state index contributed by atoms with van der Waals surface area (Å²) < 4.78 is 0. The summed E-state index contributed by atoms with van der Waals surface area (Å²) in [5.74, 6) is 1.63. The number of para-hydroxylation sites is 1. The van der Waals surface area contributed by atoms with Crippen molar-refractivity contribution in [2.75, 3.05) is 25.0 Å². The first-order chi connectivity index (χ1) is 13.3. The van der Waals surface area contributed by atoms with Crippen molar-refractivity contribution in [3.8, 4) is 11.4 Å². The van der Waals surface area contributed by atoms with Crippen LogP contribution in [0.25, 0.3) is 11.4 Å². The predicted molar refractivity (Wildman–Crippen MR) is 107 cm³/mol. The zero-order valence-corrected chi connectivity index (χ0v) is 15.7. The molecule has 1 fully saturated rings. The first-order valence-electron chi connectivity index (χ1n) is 9.68. The molecule has 0 saturated carbocycles. The Labute approximate surface area is 160 Å². The minimum absolute atomic E-state index is 0.232. The molecule has 1 aliphatic heterocycles. The van der Waals surface area contributed by atoms with Gasteiger partial charge in [-0.05, 0) is 50.1 Å². The molecule has 27 heavy (non-hydrogen) atoms. The second-order valence-electron chi connectivity index (χ2n) is 7.16. The van der Waals surface area contributed by atoms with Crippen molar-refractivity contribution < 1.29 is 0 Å². The molecule has 2 N–H and O–H groups in total. The lowest BCUT2D eigenvalue weighted by Crippen LogP contribution is -2.48.